The van der Waals surface area contributed by atoms with Crippen molar-refractivity contribution in [2.75, 3.05) is 5.32 Å². The molecule has 0 aliphatic heterocycles. The molecule has 1 amide bonds. The van der Waals surface area contributed by atoms with Crippen LogP contribution in [0, 0.1) is 5.82 Å². The second-order valence-corrected chi connectivity index (χ2v) is 10.5. The Morgan fingerprint density at radius 3 is 2.02 bits per heavy atom. The van der Waals surface area contributed by atoms with Gasteiger partial charge < -0.3 is 30.3 Å². The van der Waals surface area contributed by atoms with Crippen LogP contribution in [0.3, 0.4) is 0 Å². The zero-order valence-electron chi connectivity index (χ0n) is 23.4. The van der Waals surface area contributed by atoms with Crippen molar-refractivity contribution in [2.45, 2.75) is 57.5 Å². The quantitative estimate of drug-likeness (QED) is 0.156. The third kappa shape index (κ3) is 6.94. The predicted octanol–water partition coefficient (Wildman–Crippen LogP) is 5.28. The van der Waals surface area contributed by atoms with E-state index in [0.717, 1.165) is 5.56 Å². The lowest BCUT2D eigenvalue weighted by Crippen LogP contribution is -2.36. The molecule has 4 rings (SSSR count). The summed E-state index contributed by atoms with van der Waals surface area (Å²) in [5, 5.41) is 42.5. The molecule has 0 fully saturated rings. The van der Waals surface area contributed by atoms with Gasteiger partial charge in [-0.2, -0.15) is 0 Å². The fraction of sp³-hybridized carbons (Fsp3) is 0.273. The summed E-state index contributed by atoms with van der Waals surface area (Å²) in [5.41, 5.74) is 4.49. The Labute approximate surface area is 243 Å². The number of carbonyl (C=O) groups excluding carboxylic acids is 1. The lowest BCUT2D eigenvalue weighted by atomic mass is 9.94. The summed E-state index contributed by atoms with van der Waals surface area (Å²) < 4.78 is 16.0. The Morgan fingerprint density at radius 1 is 0.857 bits per heavy atom. The fourth-order valence-electron chi connectivity index (χ4n) is 5.18. The molecule has 4 aromatic rings. The third-order valence-corrected chi connectivity index (χ3v) is 7.11. The maximum Gasteiger partial charge on any atom is 0.335 e. The summed E-state index contributed by atoms with van der Waals surface area (Å²) in [4.78, 5) is 25.1. The highest BCUT2D eigenvalue weighted by Crippen LogP contribution is 2.42. The van der Waals surface area contributed by atoms with Crippen LogP contribution < -0.4 is 5.32 Å². The first-order chi connectivity index (χ1) is 20.1. The molecule has 1 aromatic heterocycles. The van der Waals surface area contributed by atoms with Crippen LogP contribution in [-0.4, -0.2) is 55.2 Å². The van der Waals surface area contributed by atoms with Crippen LogP contribution >= 0.6 is 0 Å². The van der Waals surface area contributed by atoms with Gasteiger partial charge >= 0.3 is 5.97 Å². The van der Waals surface area contributed by atoms with Crippen molar-refractivity contribution in [2.24, 2.45) is 0 Å². The smallest absolute Gasteiger partial charge is 0.335 e. The highest BCUT2D eigenvalue weighted by Gasteiger charge is 2.31. The normalized spacial score (nSPS) is 13.5. The van der Waals surface area contributed by atoms with Gasteiger partial charge in [-0.15, -0.1) is 0 Å². The predicted molar refractivity (Wildman–Crippen MR) is 159 cm³/mol. The van der Waals surface area contributed by atoms with Gasteiger partial charge in [-0.1, -0.05) is 62.4 Å². The number of hydrogen-bond acceptors (Lipinski definition) is 5. The Kier molecular flexibility index (Phi) is 9.90. The van der Waals surface area contributed by atoms with Crippen LogP contribution in [0.25, 0.3) is 22.4 Å². The Morgan fingerprint density at radius 2 is 1.45 bits per heavy atom. The van der Waals surface area contributed by atoms with Crippen molar-refractivity contribution < 1.29 is 34.4 Å². The summed E-state index contributed by atoms with van der Waals surface area (Å²) in [5.74, 6) is -2.48. The van der Waals surface area contributed by atoms with Crippen LogP contribution in [0.15, 0.2) is 84.9 Å². The number of rotatable bonds is 12. The standard InChI is InChI=1S/C33H35FN2O6/c1-20(2)29-28(32(40)35-24-11-7-4-8-12-24)27(21-9-5-3-6-10-21)30(22-13-15-23(34)16-14-22)36(29)18-17-25(37)19-26(38)31(39)33(41)42/h3-16,20,25-26,31,37-39H,17-19H2,1-2H3,(H,35,40)(H,41,42)/t25-,26-,31?/m0/s1. The molecule has 0 aliphatic carbocycles. The summed E-state index contributed by atoms with van der Waals surface area (Å²) >= 11 is 0. The number of carboxylic acids is 1. The number of aromatic nitrogens is 1. The number of hydrogen-bond donors (Lipinski definition) is 5. The SMILES string of the molecule is CC(C)c1c(C(=O)Nc2ccccc2)c(-c2ccccc2)c(-c2ccc(F)cc2)n1CC[C@H](O)C[C@H](O)C(O)C(=O)O. The minimum absolute atomic E-state index is 0.0833. The molecule has 3 atom stereocenters. The van der Waals surface area contributed by atoms with E-state index < -0.39 is 30.1 Å². The van der Waals surface area contributed by atoms with Crippen LogP contribution in [0.4, 0.5) is 10.1 Å². The molecule has 9 heteroatoms. The molecule has 5 N–H and O–H groups in total. The van der Waals surface area contributed by atoms with Gasteiger partial charge in [0.05, 0.1) is 23.5 Å². The van der Waals surface area contributed by atoms with Gasteiger partial charge in [0.15, 0.2) is 6.10 Å². The van der Waals surface area contributed by atoms with Crippen molar-refractivity contribution in [1.82, 2.24) is 4.57 Å². The van der Waals surface area contributed by atoms with Crippen molar-refractivity contribution in [1.29, 1.82) is 0 Å². The summed E-state index contributed by atoms with van der Waals surface area (Å²) in [6.45, 7) is 4.10. The molecule has 1 unspecified atom stereocenters. The number of anilines is 1. The topological polar surface area (TPSA) is 132 Å². The molecule has 3 aromatic carbocycles. The number of carbonyl (C=O) groups is 2. The average Bonchev–Trinajstić information content (AvgIpc) is 3.32. The maximum atomic E-state index is 14.1. The zero-order chi connectivity index (χ0) is 30.4. The van der Waals surface area contributed by atoms with E-state index in [9.17, 15) is 29.3 Å². The van der Waals surface area contributed by atoms with E-state index >= 15 is 0 Å². The third-order valence-electron chi connectivity index (χ3n) is 7.11. The van der Waals surface area contributed by atoms with Crippen molar-refractivity contribution >= 4 is 17.6 Å². The molecule has 0 radical (unpaired) electrons. The van der Waals surface area contributed by atoms with Crippen LogP contribution in [0.2, 0.25) is 0 Å². The number of nitrogens with zero attached hydrogens (tertiary/aromatic N) is 1. The van der Waals surface area contributed by atoms with E-state index in [2.05, 4.69) is 5.32 Å². The van der Waals surface area contributed by atoms with Crippen LogP contribution in [0.1, 0.15) is 48.7 Å². The van der Waals surface area contributed by atoms with Crippen molar-refractivity contribution in [3.05, 3.63) is 102 Å². The second kappa shape index (κ2) is 13.6. The van der Waals surface area contributed by atoms with Gasteiger partial charge in [-0.3, -0.25) is 4.79 Å². The molecular weight excluding hydrogens is 539 g/mol. The van der Waals surface area contributed by atoms with Gasteiger partial charge in [0.1, 0.15) is 5.82 Å². The average molecular weight is 575 g/mol. The number of carboxylic acid groups (broad SMARTS) is 1. The van der Waals surface area contributed by atoms with Crippen LogP contribution in [0.5, 0.6) is 0 Å². The Balaban J connectivity index is 1.88. The van der Waals surface area contributed by atoms with E-state index in [0.29, 0.717) is 33.8 Å². The molecule has 0 bridgehead atoms. The minimum Gasteiger partial charge on any atom is -0.479 e. The van der Waals surface area contributed by atoms with Crippen molar-refractivity contribution in [3.63, 3.8) is 0 Å². The molecule has 220 valence electrons. The number of para-hydroxylation sites is 1. The number of nitrogens with one attached hydrogen (secondary N) is 1. The molecule has 1 heterocycles. The molecule has 0 saturated carbocycles. The Hall–Kier alpha value is -4.31. The maximum absolute atomic E-state index is 14.1. The lowest BCUT2D eigenvalue weighted by Gasteiger charge is -2.21. The first-order valence-corrected chi connectivity index (χ1v) is 13.8. The van der Waals surface area contributed by atoms with E-state index in [1.165, 1.54) is 12.1 Å². The van der Waals surface area contributed by atoms with Gasteiger partial charge in [-0.05, 0) is 59.9 Å². The number of aliphatic hydroxyl groups excluding tert-OH is 3. The van der Waals surface area contributed by atoms with E-state index in [1.54, 1.807) is 24.3 Å². The zero-order valence-corrected chi connectivity index (χ0v) is 23.4. The molecular formula is C33H35FN2O6. The van der Waals surface area contributed by atoms with Crippen molar-refractivity contribution in [3.8, 4) is 22.4 Å². The number of benzene rings is 3. The molecule has 0 aliphatic rings. The number of aliphatic carboxylic acids is 1. The van der Waals surface area contributed by atoms with E-state index in [4.69, 9.17) is 5.11 Å². The highest BCUT2D eigenvalue weighted by atomic mass is 19.1. The summed E-state index contributed by atoms with van der Waals surface area (Å²) in [6, 6.07) is 24.5. The van der Waals surface area contributed by atoms with Gasteiger partial charge in [0, 0.05) is 29.9 Å². The minimum atomic E-state index is -2.02. The Bertz CT molecular complexity index is 1500. The van der Waals surface area contributed by atoms with Gasteiger partial charge in [0.2, 0.25) is 0 Å². The lowest BCUT2D eigenvalue weighted by molar-refractivity contribution is -0.153. The molecule has 0 spiro atoms. The monoisotopic (exact) mass is 574 g/mol. The summed E-state index contributed by atoms with van der Waals surface area (Å²) in [7, 11) is 0. The first kappa shape index (κ1) is 30.6. The highest BCUT2D eigenvalue weighted by molar-refractivity contribution is 6.12. The van der Waals surface area contributed by atoms with E-state index in [-0.39, 0.29) is 31.2 Å². The van der Waals surface area contributed by atoms with Gasteiger partial charge in [0.25, 0.3) is 5.91 Å². The molecule has 0 saturated heterocycles. The molecule has 8 nitrogen and oxygen atoms in total. The number of halogens is 1. The first-order valence-electron chi connectivity index (χ1n) is 13.8. The number of aliphatic hydroxyl groups is 3. The molecule has 42 heavy (non-hydrogen) atoms. The second-order valence-electron chi connectivity index (χ2n) is 10.5. The number of amides is 1. The van der Waals surface area contributed by atoms with E-state index in [1.807, 2.05) is 66.9 Å². The largest absolute Gasteiger partial charge is 0.479 e. The summed E-state index contributed by atoms with van der Waals surface area (Å²) in [6.07, 6.45) is -5.11. The van der Waals surface area contributed by atoms with Crippen LogP contribution in [-0.2, 0) is 11.3 Å². The fourth-order valence-corrected chi connectivity index (χ4v) is 5.18. The van der Waals surface area contributed by atoms with Gasteiger partial charge in [-0.25, -0.2) is 9.18 Å².